The summed E-state index contributed by atoms with van der Waals surface area (Å²) in [6.07, 6.45) is 2.72. The van der Waals surface area contributed by atoms with Gasteiger partial charge in [-0.2, -0.15) is 0 Å². The Morgan fingerprint density at radius 2 is 1.93 bits per heavy atom. The van der Waals surface area contributed by atoms with Gasteiger partial charge in [0.15, 0.2) is 5.96 Å². The molecule has 0 aliphatic carbocycles. The lowest BCUT2D eigenvalue weighted by Gasteiger charge is -2.12. The summed E-state index contributed by atoms with van der Waals surface area (Å²) in [5.41, 5.74) is 4.40. The average molecular weight is 522 g/mol. The van der Waals surface area contributed by atoms with Crippen molar-refractivity contribution in [3.05, 3.63) is 64.7 Å². The zero-order chi connectivity index (χ0) is 20.5. The molecule has 0 saturated carbocycles. The number of hydrogen-bond donors (Lipinski definition) is 3. The maximum atomic E-state index is 11.8. The highest BCUT2D eigenvalue weighted by molar-refractivity contribution is 14.0. The van der Waals surface area contributed by atoms with Crippen molar-refractivity contribution in [1.82, 2.24) is 16.0 Å². The summed E-state index contributed by atoms with van der Waals surface area (Å²) in [5.74, 6) is 1.78. The maximum absolute atomic E-state index is 11.8. The highest BCUT2D eigenvalue weighted by atomic mass is 127. The van der Waals surface area contributed by atoms with Gasteiger partial charge in [-0.25, -0.2) is 0 Å². The predicted octanol–water partition coefficient (Wildman–Crippen LogP) is 2.94. The third-order valence-corrected chi connectivity index (χ3v) is 4.89. The van der Waals surface area contributed by atoms with E-state index in [0.717, 1.165) is 62.8 Å². The minimum absolute atomic E-state index is 0. The van der Waals surface area contributed by atoms with Gasteiger partial charge in [-0.3, -0.25) is 9.79 Å². The van der Waals surface area contributed by atoms with Crippen LogP contribution in [0.15, 0.2) is 47.5 Å². The summed E-state index contributed by atoms with van der Waals surface area (Å²) < 4.78 is 5.57. The lowest BCUT2D eigenvalue weighted by atomic mass is 10.1. The topological polar surface area (TPSA) is 74.8 Å². The molecule has 1 amide bonds. The number of aliphatic imine (C=N–C) groups is 1. The predicted molar refractivity (Wildman–Crippen MR) is 132 cm³/mol. The lowest BCUT2D eigenvalue weighted by Crippen LogP contribution is -2.38. The van der Waals surface area contributed by atoms with Crippen LogP contribution in [0.25, 0.3) is 0 Å². The number of nitrogens with one attached hydrogen (secondary N) is 3. The van der Waals surface area contributed by atoms with Gasteiger partial charge in [0.1, 0.15) is 5.75 Å². The third-order valence-electron chi connectivity index (χ3n) is 4.89. The SMILES string of the molecule is CCNC(=NCCc1ccc2c(c1)CCO2)NCCc1cccc(C(=O)NC)c1.I. The Bertz CT molecular complexity index is 870. The first kappa shape index (κ1) is 24.0. The summed E-state index contributed by atoms with van der Waals surface area (Å²) in [7, 11) is 1.65. The summed E-state index contributed by atoms with van der Waals surface area (Å²) in [6.45, 7) is 5.14. The summed E-state index contributed by atoms with van der Waals surface area (Å²) in [6, 6.07) is 14.1. The molecule has 0 bridgehead atoms. The number of guanidine groups is 1. The number of hydrogen-bond acceptors (Lipinski definition) is 3. The van der Waals surface area contributed by atoms with E-state index in [1.807, 2.05) is 24.3 Å². The monoisotopic (exact) mass is 522 g/mol. The number of halogens is 1. The first-order valence-corrected chi connectivity index (χ1v) is 10.3. The fraction of sp³-hybridized carbons (Fsp3) is 0.391. The molecule has 0 aromatic heterocycles. The molecule has 1 aliphatic rings. The quantitative estimate of drug-likeness (QED) is 0.283. The van der Waals surface area contributed by atoms with Crippen molar-refractivity contribution < 1.29 is 9.53 Å². The zero-order valence-electron chi connectivity index (χ0n) is 17.7. The number of fused-ring (bicyclic) bond motifs is 1. The van der Waals surface area contributed by atoms with E-state index in [1.165, 1.54) is 11.1 Å². The second-order valence-corrected chi connectivity index (χ2v) is 7.01. The number of carbonyl (C=O) groups is 1. The van der Waals surface area contributed by atoms with Crippen molar-refractivity contribution in [3.63, 3.8) is 0 Å². The van der Waals surface area contributed by atoms with Crippen molar-refractivity contribution in [3.8, 4) is 5.75 Å². The van der Waals surface area contributed by atoms with Gasteiger partial charge in [-0.1, -0.05) is 24.3 Å². The van der Waals surface area contributed by atoms with Crippen LogP contribution in [0.3, 0.4) is 0 Å². The first-order chi connectivity index (χ1) is 14.2. The van der Waals surface area contributed by atoms with E-state index in [-0.39, 0.29) is 29.9 Å². The third kappa shape index (κ3) is 6.90. The van der Waals surface area contributed by atoms with Crippen molar-refractivity contribution in [2.24, 2.45) is 4.99 Å². The van der Waals surface area contributed by atoms with Gasteiger partial charge in [0.25, 0.3) is 5.91 Å². The van der Waals surface area contributed by atoms with E-state index in [0.29, 0.717) is 5.56 Å². The number of rotatable bonds is 8. The minimum Gasteiger partial charge on any atom is -0.493 e. The van der Waals surface area contributed by atoms with Gasteiger partial charge in [0.05, 0.1) is 6.61 Å². The van der Waals surface area contributed by atoms with E-state index in [4.69, 9.17) is 9.73 Å². The molecule has 6 nitrogen and oxygen atoms in total. The number of nitrogens with zero attached hydrogens (tertiary/aromatic N) is 1. The molecular formula is C23H31IN4O2. The van der Waals surface area contributed by atoms with Gasteiger partial charge >= 0.3 is 0 Å². The molecule has 0 atom stereocenters. The number of carbonyl (C=O) groups excluding carboxylic acids is 1. The Kier molecular flexibility index (Phi) is 9.93. The van der Waals surface area contributed by atoms with Gasteiger partial charge in [-0.05, 0) is 54.7 Å². The zero-order valence-corrected chi connectivity index (χ0v) is 20.0. The molecular weight excluding hydrogens is 491 g/mol. The van der Waals surface area contributed by atoms with Gasteiger partial charge in [0.2, 0.25) is 0 Å². The lowest BCUT2D eigenvalue weighted by molar-refractivity contribution is 0.0963. The normalized spacial score (nSPS) is 12.4. The molecule has 1 heterocycles. The first-order valence-electron chi connectivity index (χ1n) is 10.3. The summed E-state index contributed by atoms with van der Waals surface area (Å²) >= 11 is 0. The average Bonchev–Trinajstić information content (AvgIpc) is 3.21. The van der Waals surface area contributed by atoms with E-state index in [2.05, 4.69) is 41.1 Å². The fourth-order valence-electron chi connectivity index (χ4n) is 3.37. The van der Waals surface area contributed by atoms with Gasteiger partial charge < -0.3 is 20.7 Å². The van der Waals surface area contributed by atoms with E-state index in [1.54, 1.807) is 7.05 Å². The Hall–Kier alpha value is -2.29. The van der Waals surface area contributed by atoms with Crippen molar-refractivity contribution >= 4 is 35.8 Å². The Labute approximate surface area is 195 Å². The molecule has 7 heteroatoms. The molecule has 3 N–H and O–H groups in total. The van der Waals surface area contributed by atoms with Gasteiger partial charge in [-0.15, -0.1) is 24.0 Å². The van der Waals surface area contributed by atoms with Gasteiger partial charge in [0, 0.05) is 38.7 Å². The van der Waals surface area contributed by atoms with E-state index in [9.17, 15) is 4.79 Å². The second-order valence-electron chi connectivity index (χ2n) is 7.01. The largest absolute Gasteiger partial charge is 0.493 e. The number of ether oxygens (including phenoxy) is 1. The van der Waals surface area contributed by atoms with Crippen LogP contribution in [0.1, 0.15) is 34.0 Å². The summed E-state index contributed by atoms with van der Waals surface area (Å²) in [4.78, 5) is 16.5. The fourth-order valence-corrected chi connectivity index (χ4v) is 3.37. The molecule has 1 aliphatic heterocycles. The van der Waals surface area contributed by atoms with Crippen LogP contribution in [-0.4, -0.2) is 45.2 Å². The molecule has 0 radical (unpaired) electrons. The molecule has 0 saturated heterocycles. The maximum Gasteiger partial charge on any atom is 0.251 e. The molecule has 0 unspecified atom stereocenters. The summed E-state index contributed by atoms with van der Waals surface area (Å²) in [5, 5.41) is 9.33. The van der Waals surface area contributed by atoms with Crippen LogP contribution in [0.2, 0.25) is 0 Å². The van der Waals surface area contributed by atoms with Crippen LogP contribution in [-0.2, 0) is 19.3 Å². The van der Waals surface area contributed by atoms with Crippen LogP contribution < -0.4 is 20.7 Å². The van der Waals surface area contributed by atoms with Crippen LogP contribution in [0, 0.1) is 0 Å². The molecule has 0 fully saturated rings. The smallest absolute Gasteiger partial charge is 0.251 e. The van der Waals surface area contributed by atoms with Crippen molar-refractivity contribution in [2.45, 2.75) is 26.2 Å². The van der Waals surface area contributed by atoms with E-state index < -0.39 is 0 Å². The molecule has 2 aromatic rings. The molecule has 2 aromatic carbocycles. The molecule has 30 heavy (non-hydrogen) atoms. The van der Waals surface area contributed by atoms with Crippen molar-refractivity contribution in [1.29, 1.82) is 0 Å². The minimum atomic E-state index is -0.0622. The Morgan fingerprint density at radius 3 is 2.73 bits per heavy atom. The van der Waals surface area contributed by atoms with E-state index >= 15 is 0 Å². The second kappa shape index (κ2) is 12.4. The Balaban J connectivity index is 0.00000320. The molecule has 0 spiro atoms. The number of benzene rings is 2. The number of amides is 1. The molecule has 3 rings (SSSR count). The van der Waals surface area contributed by atoms with Crippen LogP contribution in [0.4, 0.5) is 0 Å². The Morgan fingerprint density at radius 1 is 1.10 bits per heavy atom. The van der Waals surface area contributed by atoms with Crippen LogP contribution in [0.5, 0.6) is 5.75 Å². The van der Waals surface area contributed by atoms with Crippen molar-refractivity contribution in [2.75, 3.05) is 33.3 Å². The molecule has 162 valence electrons. The highest BCUT2D eigenvalue weighted by Crippen LogP contribution is 2.25. The highest BCUT2D eigenvalue weighted by Gasteiger charge is 2.11. The van der Waals surface area contributed by atoms with Crippen LogP contribution >= 0.6 is 24.0 Å². The standard InChI is InChI=1S/C23H30N4O2.HI/c1-3-25-23(26-12-9-17-5-4-6-20(16-17)22(28)24-2)27-13-10-18-7-8-21-19(15-18)11-14-29-21;/h4-8,15-16H,3,9-14H2,1-2H3,(H,24,28)(H2,25,26,27);1H.